The number of aryl methyl sites for hydroxylation is 2. The number of hydrogen-bond donors (Lipinski definition) is 1. The van der Waals surface area contributed by atoms with Crippen LogP contribution in [0.2, 0.25) is 5.02 Å². The van der Waals surface area contributed by atoms with Crippen LogP contribution in [-0.4, -0.2) is 26.4 Å². The molecule has 31 heavy (non-hydrogen) atoms. The monoisotopic (exact) mass is 452 g/mol. The van der Waals surface area contributed by atoms with E-state index < -0.39 is 0 Å². The third-order valence-electron chi connectivity index (χ3n) is 4.85. The van der Waals surface area contributed by atoms with Gasteiger partial charge < -0.3 is 9.73 Å². The van der Waals surface area contributed by atoms with Crippen molar-refractivity contribution in [2.75, 3.05) is 11.1 Å². The number of anilines is 1. The van der Waals surface area contributed by atoms with E-state index in [9.17, 15) is 4.79 Å². The summed E-state index contributed by atoms with van der Waals surface area (Å²) in [6, 6.07) is 13.2. The van der Waals surface area contributed by atoms with Gasteiger partial charge in [0.1, 0.15) is 5.58 Å². The summed E-state index contributed by atoms with van der Waals surface area (Å²) in [4.78, 5) is 12.4. The Morgan fingerprint density at radius 1 is 1.19 bits per heavy atom. The van der Waals surface area contributed by atoms with Crippen LogP contribution in [0.1, 0.15) is 11.1 Å². The summed E-state index contributed by atoms with van der Waals surface area (Å²) >= 11 is 7.39. The second-order valence-electron chi connectivity index (χ2n) is 7.13. The molecule has 0 saturated carbocycles. The molecule has 0 saturated heterocycles. The molecule has 0 unspecified atom stereocenters. The molecule has 0 aliphatic heterocycles. The minimum atomic E-state index is -0.110. The number of fused-ring (bicyclic) bond motifs is 1. The Hall–Kier alpha value is -3.03. The zero-order chi connectivity index (χ0) is 22.0. The molecule has 0 bridgehead atoms. The Kier molecular flexibility index (Phi) is 6.15. The quantitative estimate of drug-likeness (QED) is 0.280. The minimum absolute atomic E-state index is 0.110. The molecule has 0 radical (unpaired) electrons. The second kappa shape index (κ2) is 8.99. The number of carbonyl (C=O) groups is 1. The van der Waals surface area contributed by atoms with E-state index in [1.807, 2.05) is 54.8 Å². The molecule has 0 spiro atoms. The van der Waals surface area contributed by atoms with Gasteiger partial charge in [0.05, 0.1) is 5.75 Å². The molecular formula is C23H21ClN4O2S. The van der Waals surface area contributed by atoms with E-state index in [0.717, 1.165) is 22.2 Å². The molecule has 2 aromatic carbocycles. The molecule has 8 heteroatoms. The van der Waals surface area contributed by atoms with Crippen molar-refractivity contribution in [2.45, 2.75) is 25.5 Å². The topological polar surface area (TPSA) is 73.0 Å². The third kappa shape index (κ3) is 4.68. The van der Waals surface area contributed by atoms with Crippen molar-refractivity contribution in [3.8, 4) is 11.6 Å². The van der Waals surface area contributed by atoms with Gasteiger partial charge in [-0.25, -0.2) is 0 Å². The number of benzene rings is 2. The number of nitrogens with zero attached hydrogens (tertiary/aromatic N) is 3. The molecule has 1 N–H and O–H groups in total. The lowest BCUT2D eigenvalue weighted by molar-refractivity contribution is -0.113. The first-order chi connectivity index (χ1) is 14.9. The van der Waals surface area contributed by atoms with Crippen LogP contribution >= 0.6 is 23.4 Å². The van der Waals surface area contributed by atoms with Gasteiger partial charge in [0.2, 0.25) is 11.7 Å². The van der Waals surface area contributed by atoms with Crippen LogP contribution in [0.25, 0.3) is 22.6 Å². The number of amides is 1. The minimum Gasteiger partial charge on any atom is -0.453 e. The normalized spacial score (nSPS) is 11.1. The van der Waals surface area contributed by atoms with Gasteiger partial charge in [-0.2, -0.15) is 0 Å². The molecule has 4 aromatic rings. The maximum atomic E-state index is 12.4. The van der Waals surface area contributed by atoms with Crippen LogP contribution in [0.4, 0.5) is 5.69 Å². The largest absolute Gasteiger partial charge is 0.453 e. The summed E-state index contributed by atoms with van der Waals surface area (Å²) in [6.45, 7) is 8.36. The highest BCUT2D eigenvalue weighted by atomic mass is 35.5. The fourth-order valence-corrected chi connectivity index (χ4v) is 4.07. The Morgan fingerprint density at radius 2 is 2.03 bits per heavy atom. The van der Waals surface area contributed by atoms with Crippen LogP contribution in [0.5, 0.6) is 0 Å². The molecule has 2 heterocycles. The molecule has 158 valence electrons. The maximum Gasteiger partial charge on any atom is 0.234 e. The van der Waals surface area contributed by atoms with Crippen molar-refractivity contribution in [3.63, 3.8) is 0 Å². The summed E-state index contributed by atoms with van der Waals surface area (Å²) in [6.07, 6.45) is 1.76. The van der Waals surface area contributed by atoms with E-state index in [-0.39, 0.29) is 11.7 Å². The molecule has 0 atom stereocenters. The Morgan fingerprint density at radius 3 is 2.81 bits per heavy atom. The molecule has 0 fully saturated rings. The van der Waals surface area contributed by atoms with E-state index in [1.165, 1.54) is 17.3 Å². The first-order valence-electron chi connectivity index (χ1n) is 9.68. The SMILES string of the molecule is C=CCn1c(SCC(=O)Nc2ccc(C)c(C)c2)nnc1-c1cc2cc(Cl)ccc2o1. The Balaban J connectivity index is 1.52. The molecule has 6 nitrogen and oxygen atoms in total. The number of rotatable bonds is 7. The van der Waals surface area contributed by atoms with E-state index in [1.54, 1.807) is 12.1 Å². The molecule has 1 amide bonds. The number of carbonyl (C=O) groups excluding carboxylic acids is 1. The lowest BCUT2D eigenvalue weighted by Crippen LogP contribution is -2.14. The van der Waals surface area contributed by atoms with Gasteiger partial charge in [-0.05, 0) is 61.4 Å². The number of halogens is 1. The maximum absolute atomic E-state index is 12.4. The lowest BCUT2D eigenvalue weighted by atomic mass is 10.1. The van der Waals surface area contributed by atoms with Crippen LogP contribution in [-0.2, 0) is 11.3 Å². The van der Waals surface area contributed by atoms with Gasteiger partial charge in [-0.15, -0.1) is 16.8 Å². The van der Waals surface area contributed by atoms with E-state index >= 15 is 0 Å². The molecule has 0 aliphatic carbocycles. The molecule has 0 aliphatic rings. The van der Waals surface area contributed by atoms with E-state index in [2.05, 4.69) is 22.1 Å². The third-order valence-corrected chi connectivity index (χ3v) is 6.05. The summed E-state index contributed by atoms with van der Waals surface area (Å²) < 4.78 is 7.81. The molecule has 4 rings (SSSR count). The number of aromatic nitrogens is 3. The Labute approximate surface area is 189 Å². The fraction of sp³-hybridized carbons (Fsp3) is 0.174. The number of hydrogen-bond acceptors (Lipinski definition) is 5. The predicted octanol–water partition coefficient (Wildman–Crippen LogP) is 5.88. The predicted molar refractivity (Wildman–Crippen MR) is 126 cm³/mol. The molecule has 2 aromatic heterocycles. The lowest BCUT2D eigenvalue weighted by Gasteiger charge is -2.08. The molecular weight excluding hydrogens is 432 g/mol. The number of thioether (sulfide) groups is 1. The van der Waals surface area contributed by atoms with Gasteiger partial charge in [-0.3, -0.25) is 9.36 Å². The van der Waals surface area contributed by atoms with Gasteiger partial charge in [0.25, 0.3) is 0 Å². The van der Waals surface area contributed by atoms with Crippen molar-refractivity contribution < 1.29 is 9.21 Å². The average molecular weight is 453 g/mol. The van der Waals surface area contributed by atoms with Crippen molar-refractivity contribution in [1.82, 2.24) is 14.8 Å². The highest BCUT2D eigenvalue weighted by molar-refractivity contribution is 7.99. The van der Waals surface area contributed by atoms with Crippen LogP contribution in [0, 0.1) is 13.8 Å². The number of furan rings is 1. The first kappa shape index (κ1) is 21.2. The highest BCUT2D eigenvalue weighted by Crippen LogP contribution is 2.30. The van der Waals surface area contributed by atoms with Crippen molar-refractivity contribution in [3.05, 3.63) is 71.3 Å². The smallest absolute Gasteiger partial charge is 0.234 e. The van der Waals surface area contributed by atoms with Crippen molar-refractivity contribution in [1.29, 1.82) is 0 Å². The zero-order valence-electron chi connectivity index (χ0n) is 17.2. The summed E-state index contributed by atoms with van der Waals surface area (Å²) in [5.74, 6) is 1.25. The van der Waals surface area contributed by atoms with Crippen LogP contribution in [0.3, 0.4) is 0 Å². The van der Waals surface area contributed by atoms with Gasteiger partial charge in [-0.1, -0.05) is 35.5 Å². The first-order valence-corrected chi connectivity index (χ1v) is 11.0. The average Bonchev–Trinajstić information content (AvgIpc) is 3.33. The van der Waals surface area contributed by atoms with Gasteiger partial charge >= 0.3 is 0 Å². The van der Waals surface area contributed by atoms with E-state index in [4.69, 9.17) is 16.0 Å². The summed E-state index contributed by atoms with van der Waals surface area (Å²) in [7, 11) is 0. The summed E-state index contributed by atoms with van der Waals surface area (Å²) in [5.41, 5.74) is 3.82. The Bertz CT molecular complexity index is 1280. The van der Waals surface area contributed by atoms with Crippen LogP contribution < -0.4 is 5.32 Å². The number of nitrogens with one attached hydrogen (secondary N) is 1. The second-order valence-corrected chi connectivity index (χ2v) is 8.51. The zero-order valence-corrected chi connectivity index (χ0v) is 18.8. The standard InChI is InChI=1S/C23H21ClN4O2S/c1-4-9-28-22(20-12-16-11-17(24)6-8-19(16)30-20)26-27-23(28)31-13-21(29)25-18-7-5-14(2)15(3)10-18/h4-8,10-12H,1,9,13H2,2-3H3,(H,25,29). The van der Waals surface area contributed by atoms with Gasteiger partial charge in [0.15, 0.2) is 10.9 Å². The highest BCUT2D eigenvalue weighted by Gasteiger charge is 2.18. The van der Waals surface area contributed by atoms with Crippen LogP contribution in [0.15, 0.2) is 64.7 Å². The van der Waals surface area contributed by atoms with Gasteiger partial charge in [0, 0.05) is 22.6 Å². The summed E-state index contributed by atoms with van der Waals surface area (Å²) in [5, 5.41) is 13.6. The fourth-order valence-electron chi connectivity index (χ4n) is 3.14. The number of allylic oxidation sites excluding steroid dienone is 1. The van der Waals surface area contributed by atoms with Crippen molar-refractivity contribution in [2.24, 2.45) is 0 Å². The van der Waals surface area contributed by atoms with Crippen molar-refractivity contribution >= 4 is 45.9 Å². The van der Waals surface area contributed by atoms with E-state index in [0.29, 0.717) is 28.3 Å².